The van der Waals surface area contributed by atoms with Crippen molar-refractivity contribution in [3.05, 3.63) is 23.4 Å². The smallest absolute Gasteiger partial charge is 0.254 e. The summed E-state index contributed by atoms with van der Waals surface area (Å²) in [6.45, 7) is 6.53. The molecule has 1 aliphatic rings. The van der Waals surface area contributed by atoms with E-state index in [4.69, 9.17) is 0 Å². The number of hydrogen-bond donors (Lipinski definition) is 1. The number of amides is 1. The zero-order valence-electron chi connectivity index (χ0n) is 11.2. The summed E-state index contributed by atoms with van der Waals surface area (Å²) in [6, 6.07) is 3.73. The number of hydrogen-bond acceptors (Lipinski definition) is 3. The van der Waals surface area contributed by atoms with Gasteiger partial charge < -0.3 is 10.2 Å². The predicted octanol–water partition coefficient (Wildman–Crippen LogP) is 2.45. The highest BCUT2D eigenvalue weighted by Gasteiger charge is 2.18. The fourth-order valence-corrected chi connectivity index (χ4v) is 2.34. The first-order valence-corrected chi connectivity index (χ1v) is 6.72. The Bertz CT molecular complexity index is 425. The largest absolute Gasteiger partial charge is 0.370 e. The second-order valence-corrected chi connectivity index (χ2v) is 4.77. The van der Waals surface area contributed by atoms with Gasteiger partial charge in [0.25, 0.3) is 5.91 Å². The lowest BCUT2D eigenvalue weighted by Crippen LogP contribution is -2.35. The number of nitrogens with one attached hydrogen (secondary N) is 1. The molecule has 0 saturated carbocycles. The zero-order chi connectivity index (χ0) is 13.0. The van der Waals surface area contributed by atoms with Crippen LogP contribution in [0, 0.1) is 6.92 Å². The predicted molar refractivity (Wildman–Crippen MR) is 72.9 cm³/mol. The minimum Gasteiger partial charge on any atom is -0.370 e. The standard InChI is InChI=1S/C14H21N3O/c1-3-15-13-10-12(9-11(2)16-13)14(18)17-7-5-4-6-8-17/h9-10H,3-8H2,1-2H3,(H,15,16). The molecule has 18 heavy (non-hydrogen) atoms. The third-order valence-electron chi connectivity index (χ3n) is 3.20. The van der Waals surface area contributed by atoms with Gasteiger partial charge in [-0.05, 0) is 45.2 Å². The van der Waals surface area contributed by atoms with Crippen LogP contribution in [0.3, 0.4) is 0 Å². The molecule has 4 heteroatoms. The third-order valence-corrected chi connectivity index (χ3v) is 3.20. The molecular formula is C14H21N3O. The summed E-state index contributed by atoms with van der Waals surface area (Å²) in [4.78, 5) is 18.7. The van der Waals surface area contributed by atoms with Gasteiger partial charge >= 0.3 is 0 Å². The molecule has 0 aliphatic carbocycles. The number of piperidine rings is 1. The summed E-state index contributed by atoms with van der Waals surface area (Å²) < 4.78 is 0. The lowest BCUT2D eigenvalue weighted by molar-refractivity contribution is 0.0724. The second kappa shape index (κ2) is 5.85. The van der Waals surface area contributed by atoms with Crippen LogP contribution in [-0.4, -0.2) is 35.4 Å². The molecule has 0 radical (unpaired) electrons. The highest BCUT2D eigenvalue weighted by molar-refractivity contribution is 5.95. The van der Waals surface area contributed by atoms with E-state index in [2.05, 4.69) is 10.3 Å². The van der Waals surface area contributed by atoms with Crippen molar-refractivity contribution in [1.82, 2.24) is 9.88 Å². The molecule has 2 heterocycles. The fraction of sp³-hybridized carbons (Fsp3) is 0.571. The normalized spacial score (nSPS) is 15.6. The van der Waals surface area contributed by atoms with Crippen LogP contribution in [0.15, 0.2) is 12.1 Å². The molecule has 0 atom stereocenters. The van der Waals surface area contributed by atoms with Crippen molar-refractivity contribution in [2.24, 2.45) is 0 Å². The molecule has 1 saturated heterocycles. The maximum Gasteiger partial charge on any atom is 0.254 e. The molecule has 1 aromatic rings. The van der Waals surface area contributed by atoms with Crippen LogP contribution in [0.25, 0.3) is 0 Å². The summed E-state index contributed by atoms with van der Waals surface area (Å²) in [7, 11) is 0. The molecule has 0 bridgehead atoms. The van der Waals surface area contributed by atoms with Gasteiger partial charge in [-0.25, -0.2) is 4.98 Å². The second-order valence-electron chi connectivity index (χ2n) is 4.77. The van der Waals surface area contributed by atoms with Gasteiger partial charge in [0.15, 0.2) is 0 Å². The maximum atomic E-state index is 12.4. The van der Waals surface area contributed by atoms with Crippen LogP contribution in [0.2, 0.25) is 0 Å². The Morgan fingerprint density at radius 2 is 2.06 bits per heavy atom. The number of rotatable bonds is 3. The summed E-state index contributed by atoms with van der Waals surface area (Å²) in [5, 5.41) is 3.16. The Morgan fingerprint density at radius 1 is 1.33 bits per heavy atom. The molecular weight excluding hydrogens is 226 g/mol. The quantitative estimate of drug-likeness (QED) is 0.892. The van der Waals surface area contributed by atoms with Gasteiger partial charge in [-0.2, -0.15) is 0 Å². The van der Waals surface area contributed by atoms with Gasteiger partial charge in [0, 0.05) is 30.9 Å². The van der Waals surface area contributed by atoms with E-state index >= 15 is 0 Å². The van der Waals surface area contributed by atoms with E-state index in [0.717, 1.165) is 49.6 Å². The van der Waals surface area contributed by atoms with Gasteiger partial charge in [-0.1, -0.05) is 0 Å². The van der Waals surface area contributed by atoms with Gasteiger partial charge in [0.05, 0.1) is 0 Å². The summed E-state index contributed by atoms with van der Waals surface area (Å²) in [5.41, 5.74) is 1.63. The minimum absolute atomic E-state index is 0.138. The van der Waals surface area contributed by atoms with Crippen molar-refractivity contribution in [1.29, 1.82) is 0 Å². The van der Waals surface area contributed by atoms with Crippen molar-refractivity contribution < 1.29 is 4.79 Å². The van der Waals surface area contributed by atoms with Crippen molar-refractivity contribution >= 4 is 11.7 Å². The average molecular weight is 247 g/mol. The first-order valence-electron chi connectivity index (χ1n) is 6.72. The van der Waals surface area contributed by atoms with Crippen molar-refractivity contribution in [3.63, 3.8) is 0 Å². The van der Waals surface area contributed by atoms with Crippen LogP contribution in [0.1, 0.15) is 42.2 Å². The molecule has 1 N–H and O–H groups in total. The topological polar surface area (TPSA) is 45.2 Å². The maximum absolute atomic E-state index is 12.4. The number of carbonyl (C=O) groups is 1. The van der Waals surface area contributed by atoms with Crippen molar-refractivity contribution in [3.8, 4) is 0 Å². The number of aryl methyl sites for hydroxylation is 1. The minimum atomic E-state index is 0.138. The summed E-state index contributed by atoms with van der Waals surface area (Å²) >= 11 is 0. The molecule has 2 rings (SSSR count). The molecule has 1 amide bonds. The van der Waals surface area contributed by atoms with E-state index in [1.165, 1.54) is 6.42 Å². The Morgan fingerprint density at radius 3 is 2.72 bits per heavy atom. The molecule has 98 valence electrons. The Labute approximate surface area is 108 Å². The Hall–Kier alpha value is -1.58. The number of likely N-dealkylation sites (tertiary alicyclic amines) is 1. The Balaban J connectivity index is 2.18. The molecule has 1 aliphatic heterocycles. The highest BCUT2D eigenvalue weighted by Crippen LogP contribution is 2.16. The van der Waals surface area contributed by atoms with Crippen LogP contribution in [0.5, 0.6) is 0 Å². The summed E-state index contributed by atoms with van der Waals surface area (Å²) in [5.74, 6) is 0.928. The monoisotopic (exact) mass is 247 g/mol. The SMILES string of the molecule is CCNc1cc(C(=O)N2CCCCC2)cc(C)n1. The number of carbonyl (C=O) groups excluding carboxylic acids is 1. The van der Waals surface area contributed by atoms with Crippen LogP contribution >= 0.6 is 0 Å². The molecule has 1 fully saturated rings. The van der Waals surface area contributed by atoms with Crippen LogP contribution < -0.4 is 5.32 Å². The van der Waals surface area contributed by atoms with E-state index in [-0.39, 0.29) is 5.91 Å². The van der Waals surface area contributed by atoms with Crippen molar-refractivity contribution in [2.45, 2.75) is 33.1 Å². The first kappa shape index (κ1) is 12.9. The molecule has 0 aromatic carbocycles. The van der Waals surface area contributed by atoms with E-state index in [0.29, 0.717) is 0 Å². The van der Waals surface area contributed by atoms with E-state index in [1.54, 1.807) is 0 Å². The third kappa shape index (κ3) is 3.00. The summed E-state index contributed by atoms with van der Waals surface area (Å²) in [6.07, 6.45) is 3.48. The van der Waals surface area contributed by atoms with E-state index in [1.807, 2.05) is 30.9 Å². The van der Waals surface area contributed by atoms with Crippen molar-refractivity contribution in [2.75, 3.05) is 25.0 Å². The first-order chi connectivity index (χ1) is 8.70. The lowest BCUT2D eigenvalue weighted by atomic mass is 10.1. The van der Waals surface area contributed by atoms with E-state index in [9.17, 15) is 4.79 Å². The van der Waals surface area contributed by atoms with Gasteiger partial charge in [0.2, 0.25) is 0 Å². The van der Waals surface area contributed by atoms with Crippen LogP contribution in [0.4, 0.5) is 5.82 Å². The molecule has 1 aromatic heterocycles. The highest BCUT2D eigenvalue weighted by atomic mass is 16.2. The number of aromatic nitrogens is 1. The van der Waals surface area contributed by atoms with Gasteiger partial charge in [-0.3, -0.25) is 4.79 Å². The average Bonchev–Trinajstić information content (AvgIpc) is 2.38. The number of pyridine rings is 1. The van der Waals surface area contributed by atoms with E-state index < -0.39 is 0 Å². The van der Waals surface area contributed by atoms with Gasteiger partial charge in [-0.15, -0.1) is 0 Å². The fourth-order valence-electron chi connectivity index (χ4n) is 2.34. The molecule has 4 nitrogen and oxygen atoms in total. The Kier molecular flexibility index (Phi) is 4.18. The number of nitrogens with zero attached hydrogens (tertiary/aromatic N) is 2. The van der Waals surface area contributed by atoms with Gasteiger partial charge in [0.1, 0.15) is 5.82 Å². The lowest BCUT2D eigenvalue weighted by Gasteiger charge is -2.27. The zero-order valence-corrected chi connectivity index (χ0v) is 11.2. The molecule has 0 spiro atoms. The molecule has 0 unspecified atom stereocenters. The van der Waals surface area contributed by atoms with Crippen LogP contribution in [-0.2, 0) is 0 Å². The number of anilines is 1.